The zero-order chi connectivity index (χ0) is 15.4. The Hall–Kier alpha value is -1.76. The van der Waals surface area contributed by atoms with Crippen molar-refractivity contribution in [2.24, 2.45) is 13.0 Å². The predicted molar refractivity (Wildman–Crippen MR) is 82.1 cm³/mol. The zero-order valence-corrected chi connectivity index (χ0v) is 13.2. The van der Waals surface area contributed by atoms with Crippen LogP contribution in [0.15, 0.2) is 11.0 Å². The highest BCUT2D eigenvalue weighted by atomic mass is 16.1. The first kappa shape index (κ1) is 15.6. The van der Waals surface area contributed by atoms with Gasteiger partial charge in [0.25, 0.3) is 5.56 Å². The van der Waals surface area contributed by atoms with Crippen LogP contribution in [0.3, 0.4) is 0 Å². The molecule has 2 heterocycles. The van der Waals surface area contributed by atoms with E-state index >= 15 is 0 Å². The highest BCUT2D eigenvalue weighted by Crippen LogP contribution is 2.10. The van der Waals surface area contributed by atoms with E-state index in [9.17, 15) is 4.79 Å². The number of rotatable bonds is 7. The van der Waals surface area contributed by atoms with E-state index in [2.05, 4.69) is 41.5 Å². The van der Waals surface area contributed by atoms with Crippen LogP contribution in [0.4, 0.5) is 0 Å². The van der Waals surface area contributed by atoms with Crippen molar-refractivity contribution in [1.29, 1.82) is 0 Å². The van der Waals surface area contributed by atoms with Crippen molar-refractivity contribution in [2.75, 3.05) is 6.54 Å². The summed E-state index contributed by atoms with van der Waals surface area (Å²) < 4.78 is 3.01. The molecule has 0 spiro atoms. The fourth-order valence-corrected chi connectivity index (χ4v) is 2.34. The molecule has 0 aliphatic rings. The molecule has 0 bridgehead atoms. The Bertz CT molecular complexity index is 646. The molecule has 7 heteroatoms. The van der Waals surface area contributed by atoms with Gasteiger partial charge in [0, 0.05) is 13.1 Å². The lowest BCUT2D eigenvalue weighted by Crippen LogP contribution is -2.42. The Morgan fingerprint density at radius 3 is 2.81 bits per heavy atom. The van der Waals surface area contributed by atoms with Crippen molar-refractivity contribution in [3.63, 3.8) is 0 Å². The summed E-state index contributed by atoms with van der Waals surface area (Å²) in [6.45, 7) is 7.95. The summed E-state index contributed by atoms with van der Waals surface area (Å²) in [7, 11) is 1.76. The van der Waals surface area contributed by atoms with E-state index < -0.39 is 0 Å². The standard InChI is InChI=1S/C14H24N6O/c1-5-7-15-12(10(3)6-2)9-20-14(21)11-8-16-19(4)13(11)17-18-20/h8,10,12,15H,5-7,9H2,1-4H3. The molecule has 0 fully saturated rings. The first-order valence-corrected chi connectivity index (χ1v) is 7.57. The number of nitrogens with zero attached hydrogens (tertiary/aromatic N) is 5. The molecule has 7 nitrogen and oxygen atoms in total. The second kappa shape index (κ2) is 6.80. The molecular formula is C14H24N6O. The molecule has 0 amide bonds. The van der Waals surface area contributed by atoms with Crippen LogP contribution in [-0.4, -0.2) is 37.4 Å². The Balaban J connectivity index is 2.27. The number of nitrogens with one attached hydrogen (secondary N) is 1. The van der Waals surface area contributed by atoms with E-state index in [1.54, 1.807) is 17.9 Å². The summed E-state index contributed by atoms with van der Waals surface area (Å²) in [6.07, 6.45) is 3.68. The minimum absolute atomic E-state index is 0.125. The fourth-order valence-electron chi connectivity index (χ4n) is 2.34. The van der Waals surface area contributed by atoms with Gasteiger partial charge in [-0.2, -0.15) is 5.10 Å². The quantitative estimate of drug-likeness (QED) is 0.821. The molecule has 2 aromatic rings. The van der Waals surface area contributed by atoms with Gasteiger partial charge in [-0.05, 0) is 18.9 Å². The van der Waals surface area contributed by atoms with Crippen molar-refractivity contribution in [3.8, 4) is 0 Å². The zero-order valence-electron chi connectivity index (χ0n) is 13.2. The third kappa shape index (κ3) is 3.29. The maximum atomic E-state index is 12.4. The minimum atomic E-state index is -0.125. The van der Waals surface area contributed by atoms with E-state index in [0.29, 0.717) is 23.5 Å². The Morgan fingerprint density at radius 2 is 2.14 bits per heavy atom. The second-order valence-electron chi connectivity index (χ2n) is 5.53. The fraction of sp³-hybridized carbons (Fsp3) is 0.714. The molecule has 2 atom stereocenters. The third-order valence-electron chi connectivity index (χ3n) is 3.98. The van der Waals surface area contributed by atoms with Gasteiger partial charge in [-0.3, -0.25) is 4.79 Å². The third-order valence-corrected chi connectivity index (χ3v) is 3.98. The van der Waals surface area contributed by atoms with Gasteiger partial charge in [0.05, 0.1) is 12.7 Å². The molecule has 0 aliphatic heterocycles. The van der Waals surface area contributed by atoms with E-state index in [1.807, 2.05) is 0 Å². The number of hydrogen-bond acceptors (Lipinski definition) is 5. The average Bonchev–Trinajstić information content (AvgIpc) is 2.87. The summed E-state index contributed by atoms with van der Waals surface area (Å²) in [5.74, 6) is 0.467. The maximum Gasteiger partial charge on any atom is 0.280 e. The number of aromatic nitrogens is 5. The molecule has 21 heavy (non-hydrogen) atoms. The average molecular weight is 292 g/mol. The topological polar surface area (TPSA) is 77.6 Å². The monoisotopic (exact) mass is 292 g/mol. The summed E-state index contributed by atoms with van der Waals surface area (Å²) >= 11 is 0. The molecule has 116 valence electrons. The lowest BCUT2D eigenvalue weighted by Gasteiger charge is -2.24. The summed E-state index contributed by atoms with van der Waals surface area (Å²) in [6, 6.07) is 0.219. The maximum absolute atomic E-state index is 12.4. The van der Waals surface area contributed by atoms with Crippen LogP contribution in [0.25, 0.3) is 11.0 Å². The van der Waals surface area contributed by atoms with Gasteiger partial charge < -0.3 is 5.32 Å². The highest BCUT2D eigenvalue weighted by Gasteiger charge is 2.18. The van der Waals surface area contributed by atoms with E-state index in [4.69, 9.17) is 0 Å². The lowest BCUT2D eigenvalue weighted by molar-refractivity contribution is 0.310. The Morgan fingerprint density at radius 1 is 1.38 bits per heavy atom. The van der Waals surface area contributed by atoms with Gasteiger partial charge in [0.2, 0.25) is 0 Å². The first-order valence-electron chi connectivity index (χ1n) is 7.57. The first-order chi connectivity index (χ1) is 10.1. The van der Waals surface area contributed by atoms with Gasteiger partial charge in [-0.15, -0.1) is 5.10 Å². The molecule has 2 unspecified atom stereocenters. The Kier molecular flexibility index (Phi) is 5.06. The molecule has 0 saturated carbocycles. The van der Waals surface area contributed by atoms with Crippen LogP contribution >= 0.6 is 0 Å². The van der Waals surface area contributed by atoms with Crippen LogP contribution < -0.4 is 10.9 Å². The summed E-state index contributed by atoms with van der Waals surface area (Å²) in [5.41, 5.74) is 0.401. The lowest BCUT2D eigenvalue weighted by atomic mass is 9.99. The Labute approximate surface area is 124 Å². The molecule has 0 saturated heterocycles. The van der Waals surface area contributed by atoms with E-state index in [-0.39, 0.29) is 11.6 Å². The van der Waals surface area contributed by atoms with Crippen LogP contribution in [0.1, 0.15) is 33.6 Å². The van der Waals surface area contributed by atoms with Gasteiger partial charge >= 0.3 is 0 Å². The van der Waals surface area contributed by atoms with Crippen molar-refractivity contribution in [3.05, 3.63) is 16.6 Å². The summed E-state index contributed by atoms with van der Waals surface area (Å²) in [5, 5.41) is 16.2. The molecule has 0 radical (unpaired) electrons. The summed E-state index contributed by atoms with van der Waals surface area (Å²) in [4.78, 5) is 12.4. The molecular weight excluding hydrogens is 268 g/mol. The van der Waals surface area contributed by atoms with Gasteiger partial charge in [-0.1, -0.05) is 32.4 Å². The molecule has 0 aromatic carbocycles. The SMILES string of the molecule is CCCNC(Cn1nnc2c(cnn2C)c1=O)C(C)CC. The van der Waals surface area contributed by atoms with Crippen molar-refractivity contribution >= 4 is 11.0 Å². The minimum Gasteiger partial charge on any atom is -0.312 e. The van der Waals surface area contributed by atoms with Crippen LogP contribution in [-0.2, 0) is 13.6 Å². The second-order valence-corrected chi connectivity index (χ2v) is 5.53. The van der Waals surface area contributed by atoms with Gasteiger partial charge in [0.15, 0.2) is 5.65 Å². The van der Waals surface area contributed by atoms with Gasteiger partial charge in [0.1, 0.15) is 5.39 Å². The van der Waals surface area contributed by atoms with Crippen molar-refractivity contribution in [1.82, 2.24) is 30.1 Å². The van der Waals surface area contributed by atoms with Crippen molar-refractivity contribution in [2.45, 2.75) is 46.2 Å². The predicted octanol–water partition coefficient (Wildman–Crippen LogP) is 0.939. The number of fused-ring (bicyclic) bond motifs is 1. The molecule has 1 N–H and O–H groups in total. The normalized spacial score (nSPS) is 14.5. The van der Waals surface area contributed by atoms with Crippen LogP contribution in [0.5, 0.6) is 0 Å². The van der Waals surface area contributed by atoms with Crippen LogP contribution in [0.2, 0.25) is 0 Å². The van der Waals surface area contributed by atoms with Crippen LogP contribution in [0, 0.1) is 5.92 Å². The van der Waals surface area contributed by atoms with Gasteiger partial charge in [-0.25, -0.2) is 9.36 Å². The largest absolute Gasteiger partial charge is 0.312 e. The molecule has 2 rings (SSSR count). The smallest absolute Gasteiger partial charge is 0.280 e. The number of aryl methyl sites for hydroxylation is 1. The molecule has 2 aromatic heterocycles. The highest BCUT2D eigenvalue weighted by molar-refractivity contribution is 5.72. The van der Waals surface area contributed by atoms with Crippen molar-refractivity contribution < 1.29 is 0 Å². The molecule has 0 aliphatic carbocycles. The van der Waals surface area contributed by atoms with E-state index in [1.165, 1.54) is 4.68 Å². The van der Waals surface area contributed by atoms with E-state index in [0.717, 1.165) is 19.4 Å². The number of hydrogen-bond donors (Lipinski definition) is 1.